The topological polar surface area (TPSA) is 138 Å². The van der Waals surface area contributed by atoms with E-state index in [0.29, 0.717) is 35.0 Å². The Morgan fingerprint density at radius 3 is 2.78 bits per heavy atom. The number of ether oxygens (including phenoxy) is 1. The number of carbonyl (C=O) groups is 2. The molecule has 192 valence electrons. The maximum Gasteiger partial charge on any atom is 0.272 e. The van der Waals surface area contributed by atoms with Gasteiger partial charge in [-0.2, -0.15) is 0 Å². The van der Waals surface area contributed by atoms with Gasteiger partial charge in [-0.25, -0.2) is 9.37 Å². The van der Waals surface area contributed by atoms with Crippen LogP contribution in [-0.2, 0) is 15.1 Å². The number of anilines is 1. The van der Waals surface area contributed by atoms with Crippen LogP contribution in [0.3, 0.4) is 0 Å². The fourth-order valence-corrected chi connectivity index (χ4v) is 5.39. The Morgan fingerprint density at radius 1 is 1.33 bits per heavy atom. The summed E-state index contributed by atoms with van der Waals surface area (Å²) in [7, 11) is 0. The summed E-state index contributed by atoms with van der Waals surface area (Å²) in [6, 6.07) is 9.43. The first kappa shape index (κ1) is 26.1. The third-order valence-corrected chi connectivity index (χ3v) is 7.34. The number of primary amides is 1. The molecule has 36 heavy (non-hydrogen) atoms. The molecule has 3 unspecified atom stereocenters. The lowest BCUT2D eigenvalue weighted by molar-refractivity contribution is -0.120. The molecule has 0 bridgehead atoms. The summed E-state index contributed by atoms with van der Waals surface area (Å²) in [5.41, 5.74) is 5.38. The lowest BCUT2D eigenvalue weighted by Crippen LogP contribution is -2.47. The highest BCUT2D eigenvalue weighted by molar-refractivity contribution is 8.09. The van der Waals surface area contributed by atoms with Crippen LogP contribution in [0.2, 0.25) is 0 Å². The molecular formula is C25H29FN4O5S. The summed E-state index contributed by atoms with van der Waals surface area (Å²) in [6.45, 7) is 3.95. The molecule has 2 aliphatic rings. The number of nitrogens with zero attached hydrogens (tertiary/aromatic N) is 2. The van der Waals surface area contributed by atoms with Crippen LogP contribution in [0.25, 0.3) is 4.91 Å². The predicted molar refractivity (Wildman–Crippen MR) is 134 cm³/mol. The van der Waals surface area contributed by atoms with E-state index in [-0.39, 0.29) is 24.8 Å². The number of benzene rings is 1. The van der Waals surface area contributed by atoms with Gasteiger partial charge in [-0.15, -0.1) is 0 Å². The minimum atomic E-state index is -1.19. The number of halogens is 1. The Balaban J connectivity index is 1.51. The van der Waals surface area contributed by atoms with Gasteiger partial charge in [0, 0.05) is 23.6 Å². The van der Waals surface area contributed by atoms with Gasteiger partial charge in [0.1, 0.15) is 17.3 Å². The van der Waals surface area contributed by atoms with Gasteiger partial charge in [-0.3, -0.25) is 9.59 Å². The molecule has 2 aliphatic heterocycles. The van der Waals surface area contributed by atoms with Crippen molar-refractivity contribution in [3.63, 3.8) is 0 Å². The van der Waals surface area contributed by atoms with Crippen LogP contribution in [0.15, 0.2) is 42.5 Å². The molecule has 1 aromatic heterocycles. The van der Waals surface area contributed by atoms with Crippen molar-refractivity contribution in [2.24, 2.45) is 11.7 Å². The summed E-state index contributed by atoms with van der Waals surface area (Å²) in [4.78, 5) is 31.6. The molecule has 0 saturated carbocycles. The van der Waals surface area contributed by atoms with Crippen molar-refractivity contribution in [1.29, 1.82) is 0 Å². The van der Waals surface area contributed by atoms with E-state index in [1.54, 1.807) is 55.2 Å². The molecule has 2 amide bonds. The molecule has 1 fully saturated rings. The van der Waals surface area contributed by atoms with E-state index in [0.717, 1.165) is 0 Å². The van der Waals surface area contributed by atoms with E-state index in [1.807, 2.05) is 0 Å². The number of nitrogens with two attached hydrogens (primary N) is 1. The lowest BCUT2D eigenvalue weighted by Gasteiger charge is -2.31. The molecule has 3 heterocycles. The number of pyridine rings is 1. The van der Waals surface area contributed by atoms with E-state index in [9.17, 15) is 24.2 Å². The first-order valence-electron chi connectivity index (χ1n) is 11.5. The third kappa shape index (κ3) is 5.70. The number of aliphatic hydroxyl groups excluding tert-OH is 1. The Morgan fingerprint density at radius 2 is 2.11 bits per heavy atom. The van der Waals surface area contributed by atoms with Crippen LogP contribution in [0.4, 0.5) is 10.2 Å². The van der Waals surface area contributed by atoms with Gasteiger partial charge in [-0.05, 0) is 37.6 Å². The molecule has 4 rings (SSSR count). The average molecular weight is 517 g/mol. The number of rotatable bonds is 7. The first-order valence-corrected chi connectivity index (χ1v) is 12.4. The highest BCUT2D eigenvalue weighted by Gasteiger charge is 2.35. The van der Waals surface area contributed by atoms with E-state index < -0.39 is 34.7 Å². The summed E-state index contributed by atoms with van der Waals surface area (Å²) < 4.78 is 20.3. The maximum atomic E-state index is 14.9. The lowest BCUT2D eigenvalue weighted by atomic mass is 9.96. The first-order chi connectivity index (χ1) is 17.1. The van der Waals surface area contributed by atoms with Crippen LogP contribution in [0.1, 0.15) is 35.5 Å². The maximum absolute atomic E-state index is 14.9. The fraction of sp³-hybridized carbons (Fsp3) is 0.400. The average Bonchev–Trinajstić information content (AvgIpc) is 3.26. The zero-order valence-electron chi connectivity index (χ0n) is 20.0. The molecular weight excluding hydrogens is 487 g/mol. The number of nitrogens with one attached hydrogen (secondary N) is 1. The van der Waals surface area contributed by atoms with Gasteiger partial charge < -0.3 is 30.9 Å². The van der Waals surface area contributed by atoms with Crippen LogP contribution in [-0.4, -0.2) is 69.7 Å². The van der Waals surface area contributed by atoms with Crippen molar-refractivity contribution in [1.82, 2.24) is 9.88 Å². The number of hydrogen-bond acceptors (Lipinski definition) is 8. The van der Waals surface area contributed by atoms with E-state index >= 15 is 0 Å². The molecule has 11 heteroatoms. The van der Waals surface area contributed by atoms with Crippen LogP contribution in [0.5, 0.6) is 0 Å². The van der Waals surface area contributed by atoms with Gasteiger partial charge in [0.05, 0.1) is 36.2 Å². The second-order valence-electron chi connectivity index (χ2n) is 9.23. The van der Waals surface area contributed by atoms with Crippen molar-refractivity contribution < 1.29 is 28.9 Å². The summed E-state index contributed by atoms with van der Waals surface area (Å²) >= 11 is 1.24. The van der Waals surface area contributed by atoms with E-state index in [4.69, 9.17) is 10.5 Å². The van der Waals surface area contributed by atoms with Crippen LogP contribution in [0, 0.1) is 11.7 Å². The summed E-state index contributed by atoms with van der Waals surface area (Å²) in [5, 5.41) is 22.1. The van der Waals surface area contributed by atoms with Crippen LogP contribution < -0.4 is 11.1 Å². The number of morpholine rings is 1. The van der Waals surface area contributed by atoms with Gasteiger partial charge in [0.25, 0.3) is 5.91 Å². The molecule has 2 aromatic rings. The normalized spacial score (nSPS) is 22.3. The zero-order valence-corrected chi connectivity index (χ0v) is 20.8. The molecule has 9 nitrogen and oxygen atoms in total. The van der Waals surface area contributed by atoms with Crippen molar-refractivity contribution in [3.8, 4) is 0 Å². The van der Waals surface area contributed by atoms with Gasteiger partial charge in [0.2, 0.25) is 5.91 Å². The minimum Gasteiger partial charge on any atom is -0.394 e. The third-order valence-electron chi connectivity index (χ3n) is 6.07. The SMILES string of the molecule is CC(C)(O)c1ccc(C2=CC(C(N)=O)C(Nc3cccc(C(=O)N4CCOC(CO)C4)n3)S2)c(F)c1. The van der Waals surface area contributed by atoms with E-state index in [2.05, 4.69) is 10.3 Å². The second kappa shape index (κ2) is 10.6. The fourth-order valence-electron chi connectivity index (χ4n) is 4.06. The van der Waals surface area contributed by atoms with Crippen molar-refractivity contribution in [3.05, 3.63) is 65.1 Å². The molecule has 0 radical (unpaired) electrons. The van der Waals surface area contributed by atoms with Gasteiger partial charge >= 0.3 is 0 Å². The van der Waals surface area contributed by atoms with Gasteiger partial charge in [0.15, 0.2) is 0 Å². The van der Waals surface area contributed by atoms with Crippen LogP contribution >= 0.6 is 11.8 Å². The van der Waals surface area contributed by atoms with Crippen molar-refractivity contribution in [2.75, 3.05) is 31.6 Å². The molecule has 0 spiro atoms. The predicted octanol–water partition coefficient (Wildman–Crippen LogP) is 1.91. The number of carbonyl (C=O) groups excluding carboxylic acids is 2. The van der Waals surface area contributed by atoms with Gasteiger partial charge in [-0.1, -0.05) is 36.0 Å². The Hall–Kier alpha value is -2.99. The number of amides is 2. The Labute approximate surface area is 212 Å². The number of aliphatic hydroxyl groups is 2. The zero-order chi connectivity index (χ0) is 26.0. The second-order valence-corrected chi connectivity index (χ2v) is 10.4. The molecule has 0 aliphatic carbocycles. The number of aromatic nitrogens is 1. The summed E-state index contributed by atoms with van der Waals surface area (Å²) in [6.07, 6.45) is 1.18. The monoisotopic (exact) mass is 516 g/mol. The minimum absolute atomic E-state index is 0.178. The smallest absolute Gasteiger partial charge is 0.272 e. The number of thioether (sulfide) groups is 1. The van der Waals surface area contributed by atoms with Crippen molar-refractivity contribution >= 4 is 34.3 Å². The standard InChI is InChI=1S/C25H29FN4O5S/c1-25(2,34)14-6-7-16(18(26)10-14)20-11-17(22(27)32)23(36-20)29-21-5-3-4-19(28-21)24(33)30-8-9-35-15(12-30)13-31/h3-7,10-11,15,17,23,31,34H,8-9,12-13H2,1-2H3,(H2,27,32)(H,28,29). The molecule has 5 N–H and O–H groups in total. The van der Waals surface area contributed by atoms with E-state index in [1.165, 1.54) is 17.8 Å². The quantitative estimate of drug-likeness (QED) is 0.438. The highest BCUT2D eigenvalue weighted by Crippen LogP contribution is 2.43. The molecule has 1 aromatic carbocycles. The van der Waals surface area contributed by atoms with Crippen molar-refractivity contribution in [2.45, 2.75) is 30.9 Å². The molecule has 1 saturated heterocycles. The molecule has 3 atom stereocenters. The highest BCUT2D eigenvalue weighted by atomic mass is 32.2. The largest absolute Gasteiger partial charge is 0.394 e. The Bertz CT molecular complexity index is 1190. The number of hydrogen-bond donors (Lipinski definition) is 4. The summed E-state index contributed by atoms with van der Waals surface area (Å²) in [5.74, 6) is -1.78. The Kier molecular flexibility index (Phi) is 7.65.